The van der Waals surface area contributed by atoms with Gasteiger partial charge in [-0.3, -0.25) is 4.79 Å². The van der Waals surface area contributed by atoms with Gasteiger partial charge in [0.15, 0.2) is 0 Å². The van der Waals surface area contributed by atoms with Crippen LogP contribution in [-0.4, -0.2) is 25.1 Å². The first-order chi connectivity index (χ1) is 13.9. The number of rotatable bonds is 10. The Bertz CT molecular complexity index is 818. The van der Waals surface area contributed by atoms with Gasteiger partial charge in [-0.25, -0.2) is 4.79 Å². The number of benzene rings is 2. The van der Waals surface area contributed by atoms with E-state index in [2.05, 4.69) is 47.2 Å². The fraction of sp³-hybridized carbons (Fsp3) is 0.391. The largest absolute Gasteiger partial charge is 0.492 e. The van der Waals surface area contributed by atoms with Crippen molar-refractivity contribution in [2.45, 2.75) is 46.0 Å². The predicted octanol–water partition coefficient (Wildman–Crippen LogP) is 5.94. The van der Waals surface area contributed by atoms with Crippen LogP contribution < -0.4 is 10.1 Å². The molecule has 1 N–H and O–H groups in total. The molecule has 1 amide bonds. The first kappa shape index (κ1) is 22.9. The normalized spacial score (nSPS) is 10.7. The third-order valence-electron chi connectivity index (χ3n) is 4.27. The molecule has 0 atom stereocenters. The van der Waals surface area contributed by atoms with Crippen molar-refractivity contribution in [3.63, 3.8) is 0 Å². The number of ether oxygens (including phenoxy) is 2. The molecule has 156 valence electrons. The van der Waals surface area contributed by atoms with Gasteiger partial charge in [-0.15, -0.1) is 0 Å². The van der Waals surface area contributed by atoms with Gasteiger partial charge in [0.1, 0.15) is 5.75 Å². The summed E-state index contributed by atoms with van der Waals surface area (Å²) in [6.45, 7) is 7.09. The van der Waals surface area contributed by atoms with Gasteiger partial charge in [0.2, 0.25) is 5.91 Å². The zero-order chi connectivity index (χ0) is 21.2. The van der Waals surface area contributed by atoms with Crippen molar-refractivity contribution < 1.29 is 19.1 Å². The molecule has 29 heavy (non-hydrogen) atoms. The fourth-order valence-electron chi connectivity index (χ4n) is 2.60. The summed E-state index contributed by atoms with van der Waals surface area (Å²) in [5, 5.41) is 2.83. The Balaban J connectivity index is 1.74. The Kier molecular flexibility index (Phi) is 9.19. The van der Waals surface area contributed by atoms with Gasteiger partial charge in [-0.1, -0.05) is 26.8 Å². The van der Waals surface area contributed by atoms with Crippen LogP contribution in [0.5, 0.6) is 5.75 Å². The molecule has 0 aliphatic heterocycles. The van der Waals surface area contributed by atoms with Crippen molar-refractivity contribution in [2.24, 2.45) is 0 Å². The van der Waals surface area contributed by atoms with Crippen molar-refractivity contribution in [1.82, 2.24) is 0 Å². The second-order valence-electron chi connectivity index (χ2n) is 7.06. The number of carbonyl (C=O) groups is 2. The van der Waals surface area contributed by atoms with Crippen molar-refractivity contribution in [3.8, 4) is 5.75 Å². The number of nitrogens with one attached hydrogen (secondary N) is 1. The molecule has 6 heteroatoms. The number of hydrogen-bond acceptors (Lipinski definition) is 4. The van der Waals surface area contributed by atoms with Gasteiger partial charge in [0.05, 0.1) is 23.2 Å². The minimum absolute atomic E-state index is 0.0934. The lowest BCUT2D eigenvalue weighted by molar-refractivity contribution is -0.116. The lowest BCUT2D eigenvalue weighted by Crippen LogP contribution is -2.13. The van der Waals surface area contributed by atoms with Crippen LogP contribution in [0.15, 0.2) is 46.9 Å². The van der Waals surface area contributed by atoms with Crippen LogP contribution >= 0.6 is 15.9 Å². The van der Waals surface area contributed by atoms with Gasteiger partial charge >= 0.3 is 5.97 Å². The molecule has 0 heterocycles. The van der Waals surface area contributed by atoms with E-state index in [0.717, 1.165) is 16.6 Å². The molecule has 0 spiro atoms. The van der Waals surface area contributed by atoms with Gasteiger partial charge in [-0.05, 0) is 76.7 Å². The van der Waals surface area contributed by atoms with E-state index in [0.29, 0.717) is 43.2 Å². The molecule has 2 aromatic carbocycles. The zero-order valence-corrected chi connectivity index (χ0v) is 18.8. The third-order valence-corrected chi connectivity index (χ3v) is 4.89. The standard InChI is InChI=1S/C23H28BrNO4/c1-4-13-29-23(27)17-7-10-19(11-8-17)25-22(26)6-5-14-28-21-12-9-18(16(2)3)15-20(21)24/h7-12,15-16H,4-6,13-14H2,1-3H3,(H,25,26). The molecule has 0 radical (unpaired) electrons. The van der Waals surface area contributed by atoms with E-state index in [-0.39, 0.29) is 11.9 Å². The fourth-order valence-corrected chi connectivity index (χ4v) is 3.11. The van der Waals surface area contributed by atoms with E-state index in [1.165, 1.54) is 5.56 Å². The molecule has 2 aromatic rings. The third kappa shape index (κ3) is 7.54. The van der Waals surface area contributed by atoms with E-state index in [4.69, 9.17) is 9.47 Å². The summed E-state index contributed by atoms with van der Waals surface area (Å²) in [6, 6.07) is 12.8. The number of anilines is 1. The quantitative estimate of drug-likeness (QED) is 0.351. The highest BCUT2D eigenvalue weighted by atomic mass is 79.9. The average molecular weight is 462 g/mol. The highest BCUT2D eigenvalue weighted by molar-refractivity contribution is 9.10. The Morgan fingerprint density at radius 3 is 2.41 bits per heavy atom. The van der Waals surface area contributed by atoms with Gasteiger partial charge < -0.3 is 14.8 Å². The Hall–Kier alpha value is -2.34. The van der Waals surface area contributed by atoms with Crippen molar-refractivity contribution >= 4 is 33.5 Å². The summed E-state index contributed by atoms with van der Waals surface area (Å²) in [5.74, 6) is 0.791. The van der Waals surface area contributed by atoms with E-state index >= 15 is 0 Å². The van der Waals surface area contributed by atoms with E-state index in [9.17, 15) is 9.59 Å². The molecule has 0 saturated heterocycles. The highest BCUT2D eigenvalue weighted by Gasteiger charge is 2.09. The maximum atomic E-state index is 12.1. The van der Waals surface area contributed by atoms with Crippen LogP contribution in [0.25, 0.3) is 0 Å². The minimum atomic E-state index is -0.352. The molecule has 2 rings (SSSR count). The molecule has 0 saturated carbocycles. The van der Waals surface area contributed by atoms with Gasteiger partial charge in [0, 0.05) is 12.1 Å². The molecule has 0 aliphatic carbocycles. The molecule has 0 aromatic heterocycles. The lowest BCUT2D eigenvalue weighted by Gasteiger charge is -2.11. The van der Waals surface area contributed by atoms with Crippen LogP contribution in [0.3, 0.4) is 0 Å². The number of esters is 1. The maximum absolute atomic E-state index is 12.1. The van der Waals surface area contributed by atoms with Gasteiger partial charge in [0.25, 0.3) is 0 Å². The number of hydrogen-bond donors (Lipinski definition) is 1. The maximum Gasteiger partial charge on any atom is 0.338 e. The Morgan fingerprint density at radius 2 is 1.79 bits per heavy atom. The lowest BCUT2D eigenvalue weighted by atomic mass is 10.0. The van der Waals surface area contributed by atoms with E-state index in [1.54, 1.807) is 24.3 Å². The van der Waals surface area contributed by atoms with Crippen LogP contribution in [0.4, 0.5) is 5.69 Å². The SMILES string of the molecule is CCCOC(=O)c1ccc(NC(=O)CCCOc2ccc(C(C)C)cc2Br)cc1. The molecule has 0 unspecified atom stereocenters. The summed E-state index contributed by atoms with van der Waals surface area (Å²) in [4.78, 5) is 23.9. The van der Waals surface area contributed by atoms with E-state index in [1.807, 2.05) is 13.0 Å². The zero-order valence-electron chi connectivity index (χ0n) is 17.2. The Morgan fingerprint density at radius 1 is 1.07 bits per heavy atom. The monoisotopic (exact) mass is 461 g/mol. The van der Waals surface area contributed by atoms with Crippen LogP contribution in [0.1, 0.15) is 61.9 Å². The predicted molar refractivity (Wildman–Crippen MR) is 119 cm³/mol. The molecule has 0 bridgehead atoms. The summed E-state index contributed by atoms with van der Waals surface area (Å²) in [7, 11) is 0. The number of carbonyl (C=O) groups excluding carboxylic acids is 2. The average Bonchev–Trinajstić information content (AvgIpc) is 2.70. The summed E-state index contributed by atoms with van der Waals surface area (Å²) < 4.78 is 11.8. The minimum Gasteiger partial charge on any atom is -0.492 e. The summed E-state index contributed by atoms with van der Waals surface area (Å²) in [5.41, 5.74) is 2.36. The van der Waals surface area contributed by atoms with Gasteiger partial charge in [-0.2, -0.15) is 0 Å². The van der Waals surface area contributed by atoms with Crippen LogP contribution in [0, 0.1) is 0 Å². The first-order valence-corrected chi connectivity index (χ1v) is 10.7. The van der Waals surface area contributed by atoms with Crippen molar-refractivity contribution in [3.05, 3.63) is 58.1 Å². The molecule has 0 fully saturated rings. The molecule has 0 aliphatic rings. The van der Waals surface area contributed by atoms with Crippen molar-refractivity contribution in [1.29, 1.82) is 0 Å². The second-order valence-corrected chi connectivity index (χ2v) is 7.91. The second kappa shape index (κ2) is 11.6. The molecular weight excluding hydrogens is 434 g/mol. The molecule has 5 nitrogen and oxygen atoms in total. The smallest absolute Gasteiger partial charge is 0.338 e. The highest BCUT2D eigenvalue weighted by Crippen LogP contribution is 2.29. The number of halogens is 1. The Labute approximate surface area is 180 Å². The topological polar surface area (TPSA) is 64.6 Å². The number of amides is 1. The van der Waals surface area contributed by atoms with Crippen molar-refractivity contribution in [2.75, 3.05) is 18.5 Å². The van der Waals surface area contributed by atoms with Crippen LogP contribution in [0.2, 0.25) is 0 Å². The summed E-state index contributed by atoms with van der Waals surface area (Å²) >= 11 is 3.53. The summed E-state index contributed by atoms with van der Waals surface area (Å²) in [6.07, 6.45) is 1.73. The molecular formula is C23H28BrNO4. The first-order valence-electron chi connectivity index (χ1n) is 9.90. The van der Waals surface area contributed by atoms with E-state index < -0.39 is 0 Å². The van der Waals surface area contributed by atoms with Crippen LogP contribution in [-0.2, 0) is 9.53 Å².